The molecule has 0 atom stereocenters. The molecule has 1 fully saturated rings. The zero-order valence-corrected chi connectivity index (χ0v) is 10.1. The molecule has 15 heavy (non-hydrogen) atoms. The van der Waals surface area contributed by atoms with E-state index in [1.54, 1.807) is 11.8 Å². The molecule has 1 aliphatic rings. The van der Waals surface area contributed by atoms with Crippen molar-refractivity contribution < 1.29 is 0 Å². The van der Waals surface area contributed by atoms with Gasteiger partial charge < -0.3 is 4.90 Å². The maximum Gasteiger partial charge on any atom is 0.141 e. The predicted molar refractivity (Wildman–Crippen MR) is 71.0 cm³/mol. The second-order valence-electron chi connectivity index (χ2n) is 3.56. The highest BCUT2D eigenvalue weighted by atomic mass is 32.2. The van der Waals surface area contributed by atoms with E-state index in [2.05, 4.69) is 35.7 Å². The van der Waals surface area contributed by atoms with Crippen LogP contribution in [0.15, 0.2) is 41.8 Å². The Morgan fingerprint density at radius 3 is 2.67 bits per heavy atom. The summed E-state index contributed by atoms with van der Waals surface area (Å²) >= 11 is 6.89. The van der Waals surface area contributed by atoms with Crippen molar-refractivity contribution in [1.82, 2.24) is 4.90 Å². The number of nitrogens with zero attached hydrogens (tertiary/aromatic N) is 1. The van der Waals surface area contributed by atoms with Gasteiger partial charge in [0.05, 0.1) is 0 Å². The quantitative estimate of drug-likeness (QED) is 0.741. The molecule has 0 unspecified atom stereocenters. The van der Waals surface area contributed by atoms with E-state index >= 15 is 0 Å². The predicted octanol–water partition coefficient (Wildman–Crippen LogP) is 3.08. The molecule has 1 aliphatic heterocycles. The minimum absolute atomic E-state index is 0.913. The fourth-order valence-electron chi connectivity index (χ4n) is 1.58. The molecule has 1 aromatic carbocycles. The molecule has 0 amide bonds. The Morgan fingerprint density at radius 2 is 2.07 bits per heavy atom. The third-order valence-electron chi connectivity index (χ3n) is 2.37. The molecule has 0 aromatic heterocycles. The first-order valence-electron chi connectivity index (χ1n) is 4.94. The molecular weight excluding hydrogens is 222 g/mol. The average molecular weight is 235 g/mol. The molecule has 0 N–H and O–H groups in total. The van der Waals surface area contributed by atoms with Gasteiger partial charge in [-0.25, -0.2) is 0 Å². The van der Waals surface area contributed by atoms with Crippen molar-refractivity contribution in [3.8, 4) is 0 Å². The SMILES string of the molecule is C=C1CN(CCc2ccccc2)C(=S)S1. The maximum atomic E-state index is 5.26. The Bertz CT molecular complexity index is 372. The minimum atomic E-state index is 0.913. The Labute approximate surface area is 100 Å². The molecule has 1 aromatic rings. The summed E-state index contributed by atoms with van der Waals surface area (Å²) in [5.74, 6) is 0. The minimum Gasteiger partial charge on any atom is -0.352 e. The zero-order valence-electron chi connectivity index (χ0n) is 8.48. The largest absolute Gasteiger partial charge is 0.352 e. The molecule has 1 heterocycles. The lowest BCUT2D eigenvalue weighted by molar-refractivity contribution is 0.486. The van der Waals surface area contributed by atoms with Gasteiger partial charge in [0.15, 0.2) is 0 Å². The van der Waals surface area contributed by atoms with Gasteiger partial charge in [0.1, 0.15) is 4.32 Å². The third-order valence-corrected chi connectivity index (χ3v) is 3.73. The Kier molecular flexibility index (Phi) is 3.44. The van der Waals surface area contributed by atoms with Crippen LogP contribution in [0.25, 0.3) is 0 Å². The van der Waals surface area contributed by atoms with E-state index in [1.807, 2.05) is 6.07 Å². The van der Waals surface area contributed by atoms with Crippen LogP contribution in [0.4, 0.5) is 0 Å². The molecule has 0 spiro atoms. The van der Waals surface area contributed by atoms with Crippen molar-refractivity contribution in [3.05, 3.63) is 47.4 Å². The fourth-order valence-corrected chi connectivity index (χ4v) is 2.84. The number of hydrogen-bond acceptors (Lipinski definition) is 2. The second-order valence-corrected chi connectivity index (χ2v) is 5.38. The molecule has 1 saturated heterocycles. The van der Waals surface area contributed by atoms with Gasteiger partial charge in [-0.3, -0.25) is 0 Å². The zero-order chi connectivity index (χ0) is 10.7. The van der Waals surface area contributed by atoms with E-state index in [4.69, 9.17) is 12.2 Å². The molecule has 0 saturated carbocycles. The first-order chi connectivity index (χ1) is 7.25. The van der Waals surface area contributed by atoms with E-state index in [1.165, 1.54) is 5.56 Å². The number of thiocarbonyl (C=S) groups is 1. The summed E-state index contributed by atoms with van der Waals surface area (Å²) in [5, 5.41) is 0. The van der Waals surface area contributed by atoms with Gasteiger partial charge in [-0.2, -0.15) is 0 Å². The van der Waals surface area contributed by atoms with Gasteiger partial charge in [-0.1, -0.05) is 60.9 Å². The Hall–Kier alpha value is -0.800. The lowest BCUT2D eigenvalue weighted by Gasteiger charge is -2.15. The summed E-state index contributed by atoms with van der Waals surface area (Å²) < 4.78 is 0.968. The lowest BCUT2D eigenvalue weighted by atomic mass is 10.1. The summed E-state index contributed by atoms with van der Waals surface area (Å²) in [7, 11) is 0. The maximum absolute atomic E-state index is 5.26. The van der Waals surface area contributed by atoms with Crippen LogP contribution in [-0.4, -0.2) is 22.3 Å². The van der Waals surface area contributed by atoms with Crippen LogP contribution < -0.4 is 0 Å². The van der Waals surface area contributed by atoms with Gasteiger partial charge in [0, 0.05) is 18.0 Å². The molecule has 3 heteroatoms. The Morgan fingerprint density at radius 1 is 1.33 bits per heavy atom. The van der Waals surface area contributed by atoms with Crippen LogP contribution in [0.2, 0.25) is 0 Å². The molecule has 78 valence electrons. The lowest BCUT2D eigenvalue weighted by Crippen LogP contribution is -2.25. The summed E-state index contributed by atoms with van der Waals surface area (Å²) in [4.78, 5) is 3.38. The molecule has 1 nitrogen and oxygen atoms in total. The highest BCUT2D eigenvalue weighted by molar-refractivity contribution is 8.25. The smallest absolute Gasteiger partial charge is 0.141 e. The van der Waals surface area contributed by atoms with Gasteiger partial charge in [0.2, 0.25) is 0 Å². The van der Waals surface area contributed by atoms with Crippen molar-refractivity contribution in [1.29, 1.82) is 0 Å². The number of hydrogen-bond donors (Lipinski definition) is 0. The fraction of sp³-hybridized carbons (Fsp3) is 0.250. The van der Waals surface area contributed by atoms with E-state index in [-0.39, 0.29) is 0 Å². The summed E-state index contributed by atoms with van der Waals surface area (Å²) in [6, 6.07) is 10.5. The first-order valence-corrected chi connectivity index (χ1v) is 6.16. The van der Waals surface area contributed by atoms with Gasteiger partial charge in [0.25, 0.3) is 0 Å². The van der Waals surface area contributed by atoms with Gasteiger partial charge >= 0.3 is 0 Å². The second kappa shape index (κ2) is 4.81. The van der Waals surface area contributed by atoms with Crippen molar-refractivity contribution in [3.63, 3.8) is 0 Å². The van der Waals surface area contributed by atoms with Gasteiger partial charge in [-0.05, 0) is 12.0 Å². The highest BCUT2D eigenvalue weighted by Gasteiger charge is 2.19. The van der Waals surface area contributed by atoms with E-state index < -0.39 is 0 Å². The normalized spacial score (nSPS) is 16.1. The standard InChI is InChI=1S/C12H13NS2/c1-10-9-13(12(14)15-10)8-7-11-5-3-2-4-6-11/h2-6H,1,7-9H2. The monoisotopic (exact) mass is 235 g/mol. The van der Waals surface area contributed by atoms with Crippen LogP contribution in [0, 0.1) is 0 Å². The average Bonchev–Trinajstić information content (AvgIpc) is 2.56. The van der Waals surface area contributed by atoms with E-state index in [9.17, 15) is 0 Å². The van der Waals surface area contributed by atoms with Crippen molar-refractivity contribution in [2.75, 3.05) is 13.1 Å². The van der Waals surface area contributed by atoms with Crippen molar-refractivity contribution in [2.45, 2.75) is 6.42 Å². The number of thioether (sulfide) groups is 1. The van der Waals surface area contributed by atoms with Crippen molar-refractivity contribution in [2.24, 2.45) is 0 Å². The van der Waals surface area contributed by atoms with Crippen molar-refractivity contribution >= 4 is 28.3 Å². The summed E-state index contributed by atoms with van der Waals surface area (Å²) in [6.07, 6.45) is 1.05. The van der Waals surface area contributed by atoms with Crippen LogP contribution >= 0.6 is 24.0 Å². The third kappa shape index (κ3) is 2.83. The molecule has 2 rings (SSSR count). The number of benzene rings is 1. The highest BCUT2D eigenvalue weighted by Crippen LogP contribution is 2.27. The molecule has 0 radical (unpaired) electrons. The van der Waals surface area contributed by atoms with Crippen LogP contribution in [0.3, 0.4) is 0 Å². The molecule has 0 bridgehead atoms. The van der Waals surface area contributed by atoms with Gasteiger partial charge in [-0.15, -0.1) is 0 Å². The Balaban J connectivity index is 1.89. The van der Waals surface area contributed by atoms with Crippen LogP contribution in [0.1, 0.15) is 5.56 Å². The number of rotatable bonds is 3. The van der Waals surface area contributed by atoms with Crippen LogP contribution in [0.5, 0.6) is 0 Å². The first kappa shape index (κ1) is 10.7. The topological polar surface area (TPSA) is 3.24 Å². The van der Waals surface area contributed by atoms with Crippen LogP contribution in [-0.2, 0) is 6.42 Å². The molecular formula is C12H13NS2. The van der Waals surface area contributed by atoms with E-state index in [0.717, 1.165) is 28.7 Å². The summed E-state index contributed by atoms with van der Waals surface area (Å²) in [6.45, 7) is 5.85. The molecule has 0 aliphatic carbocycles. The van der Waals surface area contributed by atoms with E-state index in [0.29, 0.717) is 0 Å². The summed E-state index contributed by atoms with van der Waals surface area (Å²) in [5.41, 5.74) is 1.36.